The number of nitrogens with zero attached hydrogens (tertiary/aromatic N) is 4. The number of rotatable bonds is 5. The second-order valence-corrected chi connectivity index (χ2v) is 10.5. The third-order valence-corrected chi connectivity index (χ3v) is 7.74. The molecule has 1 aliphatic carbocycles. The topological polar surface area (TPSA) is 69.1 Å². The van der Waals surface area contributed by atoms with Crippen LogP contribution in [0, 0.1) is 12.8 Å². The van der Waals surface area contributed by atoms with Gasteiger partial charge in [-0.2, -0.15) is 0 Å². The van der Waals surface area contributed by atoms with Gasteiger partial charge in [-0.15, -0.1) is 0 Å². The molecule has 4 aromatic rings. The van der Waals surface area contributed by atoms with Gasteiger partial charge >= 0.3 is 0 Å². The number of amides is 1. The van der Waals surface area contributed by atoms with E-state index in [2.05, 4.69) is 53.4 Å². The Morgan fingerprint density at radius 3 is 2.71 bits per heavy atom. The molecule has 3 heterocycles. The van der Waals surface area contributed by atoms with E-state index in [9.17, 15) is 4.79 Å². The lowest BCUT2D eigenvalue weighted by atomic mass is 9.85. The number of carbonyl (C=O) groups is 1. The highest BCUT2D eigenvalue weighted by Gasteiger charge is 2.27. The number of nitrogens with two attached hydrogens (primary N) is 1. The molecule has 6 nitrogen and oxygen atoms in total. The highest BCUT2D eigenvalue weighted by Crippen LogP contribution is 2.36. The number of aromatic nitrogens is 3. The van der Waals surface area contributed by atoms with Crippen molar-refractivity contribution >= 4 is 27.8 Å². The molecular weight excluding hydrogens is 422 g/mol. The van der Waals surface area contributed by atoms with Crippen LogP contribution >= 0.6 is 0 Å². The van der Waals surface area contributed by atoms with Crippen LogP contribution in [0.3, 0.4) is 0 Å². The van der Waals surface area contributed by atoms with Crippen LogP contribution in [-0.4, -0.2) is 44.1 Å². The minimum Gasteiger partial charge on any atom is -0.338 e. The third-order valence-electron chi connectivity index (χ3n) is 7.74. The van der Waals surface area contributed by atoms with Crippen molar-refractivity contribution in [2.24, 2.45) is 18.7 Å². The zero-order chi connectivity index (χ0) is 23.6. The smallest absolute Gasteiger partial charge is 0.254 e. The minimum absolute atomic E-state index is 0.0306. The zero-order valence-corrected chi connectivity index (χ0v) is 20.3. The molecule has 0 bridgehead atoms. The Bertz CT molecular complexity index is 1420. The van der Waals surface area contributed by atoms with E-state index < -0.39 is 0 Å². The van der Waals surface area contributed by atoms with Crippen LogP contribution in [0.15, 0.2) is 36.4 Å². The summed E-state index contributed by atoms with van der Waals surface area (Å²) in [6, 6.07) is 13.1. The van der Waals surface area contributed by atoms with E-state index in [1.807, 2.05) is 17.9 Å². The lowest BCUT2D eigenvalue weighted by Crippen LogP contribution is -2.43. The Morgan fingerprint density at radius 2 is 1.97 bits per heavy atom. The van der Waals surface area contributed by atoms with Crippen molar-refractivity contribution in [2.45, 2.75) is 52.1 Å². The lowest BCUT2D eigenvalue weighted by molar-refractivity contribution is 0.0732. The molecule has 1 saturated carbocycles. The van der Waals surface area contributed by atoms with E-state index in [-0.39, 0.29) is 11.9 Å². The number of carbonyl (C=O) groups excluding carboxylic acids is 1. The van der Waals surface area contributed by atoms with Crippen LogP contribution in [-0.2, 0) is 20.0 Å². The highest BCUT2D eigenvalue weighted by molar-refractivity contribution is 6.00. The standard InChI is InChI=1S/C28H33N5O/c1-17-7-8-21-13-26(33(24(21)11-17)16-19-5-4-6-19)27-30-23-14-22-20(12-25(23)31(27)3)9-10-32(28(22)34)15-18(2)29/h7-8,11-14,18-19H,4-6,9-10,15-16,29H2,1-3H3/t18-/m1/s1. The number of benzene rings is 2. The van der Waals surface area contributed by atoms with Gasteiger partial charge in [-0.25, -0.2) is 4.98 Å². The summed E-state index contributed by atoms with van der Waals surface area (Å²) >= 11 is 0. The largest absolute Gasteiger partial charge is 0.338 e. The SMILES string of the molecule is Cc1ccc2cc(-c3nc4cc5c(cc4n3C)CCN(C[C@@H](C)N)C5=O)n(CC3CCC3)c2c1. The highest BCUT2D eigenvalue weighted by atomic mass is 16.2. The van der Waals surface area contributed by atoms with Crippen LogP contribution in [0.4, 0.5) is 0 Å². The van der Waals surface area contributed by atoms with Gasteiger partial charge in [0, 0.05) is 49.2 Å². The van der Waals surface area contributed by atoms with Crippen LogP contribution in [0.5, 0.6) is 0 Å². The van der Waals surface area contributed by atoms with Gasteiger partial charge in [0.1, 0.15) is 0 Å². The van der Waals surface area contributed by atoms with Crippen molar-refractivity contribution in [3.8, 4) is 11.5 Å². The maximum absolute atomic E-state index is 13.2. The maximum Gasteiger partial charge on any atom is 0.254 e. The summed E-state index contributed by atoms with van der Waals surface area (Å²) in [5.74, 6) is 1.78. The molecule has 2 aromatic heterocycles. The molecule has 0 radical (unpaired) electrons. The quantitative estimate of drug-likeness (QED) is 0.476. The summed E-state index contributed by atoms with van der Waals surface area (Å²) < 4.78 is 4.68. The Kier molecular flexibility index (Phi) is 5.03. The van der Waals surface area contributed by atoms with E-state index >= 15 is 0 Å². The first kappa shape index (κ1) is 21.4. The van der Waals surface area contributed by atoms with E-state index in [0.717, 1.165) is 59.1 Å². The minimum atomic E-state index is -0.0306. The molecule has 1 amide bonds. The molecule has 0 saturated heterocycles. The summed E-state index contributed by atoms with van der Waals surface area (Å²) in [5, 5.41) is 1.26. The van der Waals surface area contributed by atoms with Gasteiger partial charge in [-0.3, -0.25) is 4.79 Å². The molecule has 6 rings (SSSR count). The summed E-state index contributed by atoms with van der Waals surface area (Å²) in [6.07, 6.45) is 4.80. The van der Waals surface area contributed by atoms with Gasteiger partial charge in [-0.05, 0) is 74.4 Å². The average Bonchev–Trinajstić information content (AvgIpc) is 3.28. The number of fused-ring (bicyclic) bond motifs is 3. The normalized spacial score (nSPS) is 17.4. The molecule has 34 heavy (non-hydrogen) atoms. The van der Waals surface area contributed by atoms with Gasteiger partial charge < -0.3 is 19.8 Å². The molecule has 2 aromatic carbocycles. The molecule has 6 heteroatoms. The first-order valence-corrected chi connectivity index (χ1v) is 12.5. The van der Waals surface area contributed by atoms with Crippen LogP contribution in [0.1, 0.15) is 47.7 Å². The van der Waals surface area contributed by atoms with E-state index in [4.69, 9.17) is 10.7 Å². The second kappa shape index (κ2) is 7.98. The molecule has 0 unspecified atom stereocenters. The maximum atomic E-state index is 13.2. The fourth-order valence-corrected chi connectivity index (χ4v) is 5.65. The van der Waals surface area contributed by atoms with E-state index in [0.29, 0.717) is 6.54 Å². The van der Waals surface area contributed by atoms with Gasteiger partial charge in [0.25, 0.3) is 5.91 Å². The van der Waals surface area contributed by atoms with Crippen molar-refractivity contribution in [2.75, 3.05) is 13.1 Å². The van der Waals surface area contributed by atoms with Gasteiger partial charge in [-0.1, -0.05) is 18.6 Å². The number of imidazole rings is 1. The summed E-state index contributed by atoms with van der Waals surface area (Å²) in [4.78, 5) is 20.1. The number of aryl methyl sites for hydroxylation is 2. The van der Waals surface area contributed by atoms with Crippen molar-refractivity contribution < 1.29 is 4.79 Å². The fourth-order valence-electron chi connectivity index (χ4n) is 5.65. The first-order chi connectivity index (χ1) is 16.4. The molecule has 2 N–H and O–H groups in total. The van der Waals surface area contributed by atoms with Crippen LogP contribution in [0.2, 0.25) is 0 Å². The summed E-state index contributed by atoms with van der Waals surface area (Å²) in [5.41, 5.74) is 13.5. The molecule has 0 spiro atoms. The average molecular weight is 456 g/mol. The Labute approximate surface area is 200 Å². The predicted octanol–water partition coefficient (Wildman–Crippen LogP) is 4.65. The predicted molar refractivity (Wildman–Crippen MR) is 137 cm³/mol. The van der Waals surface area contributed by atoms with E-state index in [1.165, 1.54) is 35.7 Å². The molecule has 2 aliphatic rings. The van der Waals surface area contributed by atoms with Gasteiger partial charge in [0.2, 0.25) is 0 Å². The first-order valence-electron chi connectivity index (χ1n) is 12.5. The van der Waals surface area contributed by atoms with Crippen LogP contribution < -0.4 is 5.73 Å². The van der Waals surface area contributed by atoms with Gasteiger partial charge in [0.05, 0.1) is 16.7 Å². The van der Waals surface area contributed by atoms with Crippen molar-refractivity contribution in [1.29, 1.82) is 0 Å². The van der Waals surface area contributed by atoms with Crippen molar-refractivity contribution in [3.63, 3.8) is 0 Å². The van der Waals surface area contributed by atoms with Gasteiger partial charge in [0.15, 0.2) is 5.82 Å². The molecule has 176 valence electrons. The second-order valence-electron chi connectivity index (χ2n) is 10.5. The molecule has 1 atom stereocenters. The summed E-state index contributed by atoms with van der Waals surface area (Å²) in [7, 11) is 2.10. The third kappa shape index (κ3) is 3.43. The zero-order valence-electron chi connectivity index (χ0n) is 20.3. The molecule has 1 fully saturated rings. The Morgan fingerprint density at radius 1 is 1.15 bits per heavy atom. The van der Waals surface area contributed by atoms with Crippen molar-refractivity contribution in [1.82, 2.24) is 19.0 Å². The number of hydrogen-bond acceptors (Lipinski definition) is 3. The lowest BCUT2D eigenvalue weighted by Gasteiger charge is -2.29. The monoisotopic (exact) mass is 455 g/mol. The Balaban J connectivity index is 1.48. The fraction of sp³-hybridized carbons (Fsp3) is 0.429. The van der Waals surface area contributed by atoms with Crippen molar-refractivity contribution in [3.05, 3.63) is 53.1 Å². The summed E-state index contributed by atoms with van der Waals surface area (Å²) in [6.45, 7) is 6.45. The Hall–Kier alpha value is -3.12. The molecule has 1 aliphatic heterocycles. The van der Waals surface area contributed by atoms with E-state index in [1.54, 1.807) is 0 Å². The number of hydrogen-bond donors (Lipinski definition) is 1. The van der Waals surface area contributed by atoms with Crippen LogP contribution in [0.25, 0.3) is 33.5 Å². The molecular formula is C28H33N5O.